The molecule has 1 rings (SSSR count). The molecule has 0 amide bonds. The van der Waals surface area contributed by atoms with Crippen molar-refractivity contribution in [3.05, 3.63) is 12.1 Å². The minimum atomic E-state index is 0.609. The van der Waals surface area contributed by atoms with Crippen LogP contribution in [0.15, 0.2) is 12.1 Å². The first kappa shape index (κ1) is 14.4. The molecule has 0 unspecified atom stereocenters. The Labute approximate surface area is 108 Å². The first-order valence-electron chi connectivity index (χ1n) is 6.01. The van der Waals surface area contributed by atoms with E-state index in [0.29, 0.717) is 17.2 Å². The van der Waals surface area contributed by atoms with Crippen molar-refractivity contribution in [2.75, 3.05) is 46.3 Å². The Morgan fingerprint density at radius 2 is 1.56 bits per heavy atom. The van der Waals surface area contributed by atoms with Gasteiger partial charge in [0.25, 0.3) is 0 Å². The summed E-state index contributed by atoms with van der Waals surface area (Å²) in [4.78, 5) is 0. The number of anilines is 1. The zero-order chi connectivity index (χ0) is 13.4. The fraction of sp³-hybridized carbons (Fsp3) is 0.538. The van der Waals surface area contributed by atoms with Crippen molar-refractivity contribution < 1.29 is 14.2 Å². The molecule has 0 atom stereocenters. The van der Waals surface area contributed by atoms with Crippen LogP contribution in [-0.4, -0.2) is 41.0 Å². The van der Waals surface area contributed by atoms with Gasteiger partial charge in [-0.25, -0.2) is 0 Å². The predicted octanol–water partition coefficient (Wildman–Crippen LogP) is 1.73. The molecule has 5 heteroatoms. The van der Waals surface area contributed by atoms with Crippen LogP contribution in [0.25, 0.3) is 0 Å². The molecular formula is C13H22N2O3. The minimum Gasteiger partial charge on any atom is -0.493 e. The van der Waals surface area contributed by atoms with Gasteiger partial charge in [-0.3, -0.25) is 0 Å². The Kier molecular flexibility index (Phi) is 6.14. The van der Waals surface area contributed by atoms with Crippen molar-refractivity contribution in [2.45, 2.75) is 6.92 Å². The van der Waals surface area contributed by atoms with Gasteiger partial charge in [0.2, 0.25) is 5.75 Å². The van der Waals surface area contributed by atoms with Crippen LogP contribution in [0.4, 0.5) is 5.69 Å². The Morgan fingerprint density at radius 3 is 2.00 bits per heavy atom. The molecule has 0 spiro atoms. The van der Waals surface area contributed by atoms with Crippen LogP contribution in [0.5, 0.6) is 17.2 Å². The highest BCUT2D eigenvalue weighted by Gasteiger charge is 2.12. The summed E-state index contributed by atoms with van der Waals surface area (Å²) in [5, 5.41) is 6.55. The maximum Gasteiger partial charge on any atom is 0.203 e. The van der Waals surface area contributed by atoms with Crippen LogP contribution in [0, 0.1) is 0 Å². The summed E-state index contributed by atoms with van der Waals surface area (Å²) in [6.45, 7) is 4.80. The maximum atomic E-state index is 5.29. The third-order valence-electron chi connectivity index (χ3n) is 2.55. The Morgan fingerprint density at radius 1 is 0.944 bits per heavy atom. The van der Waals surface area contributed by atoms with Crippen molar-refractivity contribution in [1.82, 2.24) is 5.32 Å². The van der Waals surface area contributed by atoms with E-state index < -0.39 is 0 Å². The number of hydrogen-bond acceptors (Lipinski definition) is 5. The third kappa shape index (κ3) is 3.70. The van der Waals surface area contributed by atoms with Crippen molar-refractivity contribution in [3.8, 4) is 17.2 Å². The van der Waals surface area contributed by atoms with Gasteiger partial charge in [-0.1, -0.05) is 6.92 Å². The first-order valence-corrected chi connectivity index (χ1v) is 6.01. The third-order valence-corrected chi connectivity index (χ3v) is 2.55. The standard InChI is InChI=1S/C13H22N2O3/c1-5-14-6-7-15-10-8-11(16-2)13(18-4)12(9-10)17-3/h8-9,14-15H,5-7H2,1-4H3. The van der Waals surface area contributed by atoms with Gasteiger partial charge < -0.3 is 24.8 Å². The number of likely N-dealkylation sites (N-methyl/N-ethyl adjacent to an activating group) is 1. The average Bonchev–Trinajstić information content (AvgIpc) is 2.42. The average molecular weight is 254 g/mol. The molecule has 5 nitrogen and oxygen atoms in total. The highest BCUT2D eigenvalue weighted by atomic mass is 16.5. The van der Waals surface area contributed by atoms with Crippen molar-refractivity contribution in [2.24, 2.45) is 0 Å². The van der Waals surface area contributed by atoms with Gasteiger partial charge in [-0.15, -0.1) is 0 Å². The number of ether oxygens (including phenoxy) is 3. The largest absolute Gasteiger partial charge is 0.493 e. The molecule has 1 aromatic rings. The Balaban J connectivity index is 2.80. The molecule has 0 bridgehead atoms. The van der Waals surface area contributed by atoms with Crippen LogP contribution < -0.4 is 24.8 Å². The molecule has 1 aromatic carbocycles. The molecule has 0 fully saturated rings. The van der Waals surface area contributed by atoms with E-state index in [1.807, 2.05) is 12.1 Å². The van der Waals surface area contributed by atoms with Crippen LogP contribution in [-0.2, 0) is 0 Å². The molecular weight excluding hydrogens is 232 g/mol. The molecule has 0 aliphatic carbocycles. The van der Waals surface area contributed by atoms with Crippen molar-refractivity contribution >= 4 is 5.69 Å². The summed E-state index contributed by atoms with van der Waals surface area (Å²) in [5.41, 5.74) is 0.947. The van der Waals surface area contributed by atoms with E-state index in [9.17, 15) is 0 Å². The lowest BCUT2D eigenvalue weighted by Gasteiger charge is -2.15. The molecule has 0 aliphatic rings. The molecule has 0 aliphatic heterocycles. The first-order chi connectivity index (χ1) is 8.76. The van der Waals surface area contributed by atoms with Gasteiger partial charge >= 0.3 is 0 Å². The lowest BCUT2D eigenvalue weighted by atomic mass is 10.2. The monoisotopic (exact) mass is 254 g/mol. The molecule has 18 heavy (non-hydrogen) atoms. The lowest BCUT2D eigenvalue weighted by molar-refractivity contribution is 0.324. The second-order valence-corrected chi connectivity index (χ2v) is 3.69. The number of hydrogen-bond donors (Lipinski definition) is 2. The van der Waals surface area contributed by atoms with Crippen molar-refractivity contribution in [3.63, 3.8) is 0 Å². The fourth-order valence-electron chi connectivity index (χ4n) is 1.66. The summed E-state index contributed by atoms with van der Waals surface area (Å²) in [6.07, 6.45) is 0. The molecule has 2 N–H and O–H groups in total. The Bertz CT molecular complexity index is 344. The summed E-state index contributed by atoms with van der Waals surface area (Å²) < 4.78 is 15.8. The van der Waals surface area contributed by atoms with Gasteiger partial charge in [-0.05, 0) is 6.54 Å². The van der Waals surface area contributed by atoms with Gasteiger partial charge in [0.15, 0.2) is 11.5 Å². The van der Waals surface area contributed by atoms with E-state index in [1.54, 1.807) is 21.3 Å². The number of methoxy groups -OCH3 is 3. The SMILES string of the molecule is CCNCCNc1cc(OC)c(OC)c(OC)c1. The van der Waals surface area contributed by atoms with E-state index in [0.717, 1.165) is 25.3 Å². The second-order valence-electron chi connectivity index (χ2n) is 3.69. The molecule has 0 saturated heterocycles. The molecule has 0 saturated carbocycles. The number of rotatable bonds is 8. The van der Waals surface area contributed by atoms with Crippen LogP contribution in [0.3, 0.4) is 0 Å². The minimum absolute atomic E-state index is 0.609. The second kappa shape index (κ2) is 7.66. The van der Waals surface area contributed by atoms with E-state index in [4.69, 9.17) is 14.2 Å². The zero-order valence-corrected chi connectivity index (χ0v) is 11.5. The fourth-order valence-corrected chi connectivity index (χ4v) is 1.66. The number of nitrogens with one attached hydrogen (secondary N) is 2. The summed E-state index contributed by atoms with van der Waals surface area (Å²) in [5.74, 6) is 1.92. The zero-order valence-electron chi connectivity index (χ0n) is 11.5. The number of benzene rings is 1. The molecule has 102 valence electrons. The maximum absolute atomic E-state index is 5.29. The Hall–Kier alpha value is -1.62. The topological polar surface area (TPSA) is 51.8 Å². The van der Waals surface area contributed by atoms with E-state index in [-0.39, 0.29) is 0 Å². The van der Waals surface area contributed by atoms with Crippen LogP contribution in [0.1, 0.15) is 6.92 Å². The summed E-state index contributed by atoms with van der Waals surface area (Å²) in [6, 6.07) is 3.79. The van der Waals surface area contributed by atoms with Gasteiger partial charge in [-0.2, -0.15) is 0 Å². The van der Waals surface area contributed by atoms with Gasteiger partial charge in [0.05, 0.1) is 21.3 Å². The normalized spacial score (nSPS) is 10.0. The van der Waals surface area contributed by atoms with Gasteiger partial charge in [0.1, 0.15) is 0 Å². The van der Waals surface area contributed by atoms with Crippen LogP contribution >= 0.6 is 0 Å². The van der Waals surface area contributed by atoms with E-state index in [1.165, 1.54) is 0 Å². The highest BCUT2D eigenvalue weighted by molar-refractivity contribution is 5.62. The van der Waals surface area contributed by atoms with Gasteiger partial charge in [0, 0.05) is 30.9 Å². The molecule has 0 heterocycles. The predicted molar refractivity (Wildman–Crippen MR) is 73.1 cm³/mol. The highest BCUT2D eigenvalue weighted by Crippen LogP contribution is 2.39. The quantitative estimate of drug-likeness (QED) is 0.692. The van der Waals surface area contributed by atoms with Crippen molar-refractivity contribution in [1.29, 1.82) is 0 Å². The van der Waals surface area contributed by atoms with E-state index in [2.05, 4.69) is 17.6 Å². The molecule has 0 aromatic heterocycles. The summed E-state index contributed by atoms with van der Waals surface area (Å²) >= 11 is 0. The lowest BCUT2D eigenvalue weighted by Crippen LogP contribution is -2.21. The van der Waals surface area contributed by atoms with Crippen LogP contribution in [0.2, 0.25) is 0 Å². The smallest absolute Gasteiger partial charge is 0.203 e. The summed E-state index contributed by atoms with van der Waals surface area (Å²) in [7, 11) is 4.82. The molecule has 0 radical (unpaired) electrons. The van der Waals surface area contributed by atoms with E-state index >= 15 is 0 Å².